The van der Waals surface area contributed by atoms with Gasteiger partial charge in [-0.05, 0) is 12.0 Å². The summed E-state index contributed by atoms with van der Waals surface area (Å²) in [5.41, 5.74) is 1.76. The minimum atomic E-state index is -0.0240. The molecular formula is C18H19N5O. The van der Waals surface area contributed by atoms with E-state index in [4.69, 9.17) is 10.00 Å². The molecular weight excluding hydrogens is 302 g/mol. The van der Waals surface area contributed by atoms with E-state index in [9.17, 15) is 5.26 Å². The molecule has 2 heterocycles. The summed E-state index contributed by atoms with van der Waals surface area (Å²) in [5, 5.41) is 18.2. The maximum absolute atomic E-state index is 9.24. The van der Waals surface area contributed by atoms with Gasteiger partial charge in [-0.1, -0.05) is 30.3 Å². The first-order valence-electron chi connectivity index (χ1n) is 8.03. The monoisotopic (exact) mass is 321 g/mol. The van der Waals surface area contributed by atoms with Crippen LogP contribution in [0.4, 0.5) is 0 Å². The third kappa shape index (κ3) is 3.80. The molecule has 1 saturated heterocycles. The van der Waals surface area contributed by atoms with Crippen molar-refractivity contribution in [2.24, 2.45) is 0 Å². The molecule has 1 unspecified atom stereocenters. The SMILES string of the molecule is N#Cc1ncn(CC2CN(Cc3ccccc3)CCCO2)c1C#N. The normalized spacial score (nSPS) is 18.5. The summed E-state index contributed by atoms with van der Waals surface area (Å²) in [6, 6.07) is 14.4. The number of imidazole rings is 1. The summed E-state index contributed by atoms with van der Waals surface area (Å²) >= 11 is 0. The van der Waals surface area contributed by atoms with E-state index in [2.05, 4.69) is 40.2 Å². The van der Waals surface area contributed by atoms with Crippen molar-refractivity contribution in [2.75, 3.05) is 19.7 Å². The van der Waals surface area contributed by atoms with Gasteiger partial charge < -0.3 is 9.30 Å². The molecule has 0 spiro atoms. The highest BCUT2D eigenvalue weighted by Gasteiger charge is 2.21. The number of hydrogen-bond acceptors (Lipinski definition) is 5. The summed E-state index contributed by atoms with van der Waals surface area (Å²) in [5.74, 6) is 0. The highest BCUT2D eigenvalue weighted by atomic mass is 16.5. The van der Waals surface area contributed by atoms with E-state index < -0.39 is 0 Å². The molecule has 0 radical (unpaired) electrons. The Kier molecular flexibility index (Phi) is 5.22. The maximum Gasteiger partial charge on any atom is 0.176 e. The molecule has 6 heteroatoms. The van der Waals surface area contributed by atoms with Gasteiger partial charge in [-0.25, -0.2) is 4.98 Å². The fraction of sp³-hybridized carbons (Fsp3) is 0.389. The Morgan fingerprint density at radius 1 is 1.21 bits per heavy atom. The Bertz CT molecular complexity index is 756. The molecule has 1 aromatic carbocycles. The molecule has 1 aliphatic heterocycles. The van der Waals surface area contributed by atoms with E-state index in [1.165, 1.54) is 5.56 Å². The lowest BCUT2D eigenvalue weighted by Crippen LogP contribution is -2.34. The van der Waals surface area contributed by atoms with Crippen molar-refractivity contribution >= 4 is 0 Å². The smallest absolute Gasteiger partial charge is 0.176 e. The van der Waals surface area contributed by atoms with E-state index in [0.29, 0.717) is 18.8 Å². The first-order valence-corrected chi connectivity index (χ1v) is 8.03. The van der Waals surface area contributed by atoms with Gasteiger partial charge >= 0.3 is 0 Å². The Morgan fingerprint density at radius 2 is 2.04 bits per heavy atom. The molecule has 0 bridgehead atoms. The predicted molar refractivity (Wildman–Crippen MR) is 87.7 cm³/mol. The standard InChI is InChI=1S/C18H19N5O/c19-9-17-18(10-20)23(14-21-17)13-16-12-22(7-4-8-24-16)11-15-5-2-1-3-6-15/h1-3,5-6,14,16H,4,7-8,11-13H2. The Hall–Kier alpha value is -2.67. The number of nitriles is 2. The van der Waals surface area contributed by atoms with Crippen molar-refractivity contribution in [2.45, 2.75) is 25.6 Å². The van der Waals surface area contributed by atoms with E-state index in [0.717, 1.165) is 26.1 Å². The second kappa shape index (κ2) is 7.74. The average Bonchev–Trinajstić information content (AvgIpc) is 2.87. The van der Waals surface area contributed by atoms with Crippen molar-refractivity contribution in [1.82, 2.24) is 14.5 Å². The van der Waals surface area contributed by atoms with Crippen LogP contribution in [0, 0.1) is 22.7 Å². The Labute approximate surface area is 141 Å². The zero-order chi connectivity index (χ0) is 16.8. The topological polar surface area (TPSA) is 77.9 Å². The first kappa shape index (κ1) is 16.2. The molecule has 0 N–H and O–H groups in total. The van der Waals surface area contributed by atoms with Crippen LogP contribution in [0.2, 0.25) is 0 Å². The molecule has 2 aromatic rings. The van der Waals surface area contributed by atoms with Crippen LogP contribution in [0.3, 0.4) is 0 Å². The van der Waals surface area contributed by atoms with Gasteiger partial charge in [-0.2, -0.15) is 10.5 Å². The van der Waals surface area contributed by atoms with Gasteiger partial charge in [0.05, 0.1) is 19.0 Å². The van der Waals surface area contributed by atoms with Crippen LogP contribution >= 0.6 is 0 Å². The molecule has 1 aliphatic rings. The van der Waals surface area contributed by atoms with Crippen LogP contribution in [-0.2, 0) is 17.8 Å². The van der Waals surface area contributed by atoms with Gasteiger partial charge in [0, 0.05) is 26.2 Å². The number of rotatable bonds is 4. The molecule has 0 amide bonds. The van der Waals surface area contributed by atoms with Crippen molar-refractivity contribution in [3.8, 4) is 12.1 Å². The van der Waals surface area contributed by atoms with Gasteiger partial charge in [0.15, 0.2) is 11.4 Å². The van der Waals surface area contributed by atoms with Crippen LogP contribution in [0.15, 0.2) is 36.7 Å². The van der Waals surface area contributed by atoms with Crippen molar-refractivity contribution in [3.63, 3.8) is 0 Å². The zero-order valence-electron chi connectivity index (χ0n) is 13.4. The third-order valence-corrected chi connectivity index (χ3v) is 4.13. The lowest BCUT2D eigenvalue weighted by Gasteiger charge is -2.24. The molecule has 24 heavy (non-hydrogen) atoms. The lowest BCUT2D eigenvalue weighted by atomic mass is 10.2. The van der Waals surface area contributed by atoms with Gasteiger partial charge in [0.25, 0.3) is 0 Å². The maximum atomic E-state index is 9.24. The molecule has 1 aromatic heterocycles. The Morgan fingerprint density at radius 3 is 2.79 bits per heavy atom. The molecule has 1 fully saturated rings. The summed E-state index contributed by atoms with van der Waals surface area (Å²) in [6.07, 6.45) is 2.51. The second-order valence-electron chi connectivity index (χ2n) is 5.88. The van der Waals surface area contributed by atoms with Gasteiger partial charge in [0.1, 0.15) is 12.1 Å². The minimum absolute atomic E-state index is 0.0240. The van der Waals surface area contributed by atoms with Gasteiger partial charge in [-0.3, -0.25) is 4.90 Å². The van der Waals surface area contributed by atoms with Crippen molar-refractivity contribution < 1.29 is 4.74 Å². The molecule has 6 nitrogen and oxygen atoms in total. The molecule has 3 rings (SSSR count). The average molecular weight is 321 g/mol. The number of aromatic nitrogens is 2. The van der Waals surface area contributed by atoms with Crippen LogP contribution < -0.4 is 0 Å². The summed E-state index contributed by atoms with van der Waals surface area (Å²) in [6.45, 7) is 3.91. The van der Waals surface area contributed by atoms with Crippen LogP contribution in [0.5, 0.6) is 0 Å². The third-order valence-electron chi connectivity index (χ3n) is 4.13. The largest absolute Gasteiger partial charge is 0.375 e. The molecule has 122 valence electrons. The number of nitrogens with zero attached hydrogens (tertiary/aromatic N) is 5. The zero-order valence-corrected chi connectivity index (χ0v) is 13.4. The molecule has 1 atom stereocenters. The summed E-state index contributed by atoms with van der Waals surface area (Å²) < 4.78 is 7.65. The van der Waals surface area contributed by atoms with Gasteiger partial charge in [-0.15, -0.1) is 0 Å². The highest BCUT2D eigenvalue weighted by Crippen LogP contribution is 2.14. The van der Waals surface area contributed by atoms with E-state index in [-0.39, 0.29) is 11.8 Å². The number of ether oxygens (including phenoxy) is 1. The molecule has 0 saturated carbocycles. The van der Waals surface area contributed by atoms with E-state index >= 15 is 0 Å². The fourth-order valence-electron chi connectivity index (χ4n) is 3.00. The van der Waals surface area contributed by atoms with E-state index in [1.807, 2.05) is 12.1 Å². The van der Waals surface area contributed by atoms with Crippen LogP contribution in [0.1, 0.15) is 23.4 Å². The van der Waals surface area contributed by atoms with Crippen LogP contribution in [-0.4, -0.2) is 40.3 Å². The predicted octanol–water partition coefficient (Wildman–Crippen LogP) is 1.92. The quantitative estimate of drug-likeness (QED) is 0.859. The summed E-state index contributed by atoms with van der Waals surface area (Å²) in [7, 11) is 0. The van der Waals surface area contributed by atoms with Gasteiger partial charge in [0.2, 0.25) is 0 Å². The van der Waals surface area contributed by atoms with Crippen molar-refractivity contribution in [3.05, 3.63) is 53.6 Å². The van der Waals surface area contributed by atoms with Crippen molar-refractivity contribution in [1.29, 1.82) is 10.5 Å². The summed E-state index contributed by atoms with van der Waals surface area (Å²) in [4.78, 5) is 6.37. The second-order valence-corrected chi connectivity index (χ2v) is 5.88. The fourth-order valence-corrected chi connectivity index (χ4v) is 3.00. The Balaban J connectivity index is 1.68. The minimum Gasteiger partial charge on any atom is -0.375 e. The number of hydrogen-bond donors (Lipinski definition) is 0. The highest BCUT2D eigenvalue weighted by molar-refractivity contribution is 5.36. The first-order chi connectivity index (χ1) is 11.8. The molecule has 0 aliphatic carbocycles. The van der Waals surface area contributed by atoms with Crippen LogP contribution in [0.25, 0.3) is 0 Å². The lowest BCUT2D eigenvalue weighted by molar-refractivity contribution is 0.0413. The number of benzene rings is 1. The van der Waals surface area contributed by atoms with E-state index in [1.54, 1.807) is 10.9 Å².